The van der Waals surface area contributed by atoms with Crippen molar-refractivity contribution in [3.8, 4) is 11.5 Å². The number of hydrogen-bond donors (Lipinski definition) is 1. The van der Waals surface area contributed by atoms with Gasteiger partial charge in [0.05, 0.1) is 19.3 Å². The normalized spacial score (nSPS) is 12.7. The molecular weight excluding hydrogens is 462 g/mol. The number of anilines is 1. The van der Waals surface area contributed by atoms with Crippen LogP contribution in [0.2, 0.25) is 0 Å². The van der Waals surface area contributed by atoms with E-state index in [4.69, 9.17) is 14.2 Å². The molecule has 6 nitrogen and oxygen atoms in total. The van der Waals surface area contributed by atoms with E-state index >= 15 is 0 Å². The van der Waals surface area contributed by atoms with E-state index < -0.39 is 0 Å². The van der Waals surface area contributed by atoms with Crippen LogP contribution in [0.1, 0.15) is 51.7 Å². The summed E-state index contributed by atoms with van der Waals surface area (Å²) in [6.07, 6.45) is 7.05. The summed E-state index contributed by atoms with van der Waals surface area (Å²) < 4.78 is 16.6. The van der Waals surface area contributed by atoms with Gasteiger partial charge in [0.15, 0.2) is 11.5 Å². The number of amides is 1. The standard InChI is InChI=1S/C28H29NO5S/c1-3-33-28(31)26-21-11-7-8-12-24(21)35-27(26)29-25(30)16-14-19-13-15-22(23(17-19)32-2)34-18-20-9-5-4-6-10-20/h4-6,9-10,13-17H,3,7-8,11-12,18H2,1-2H3,(H,29,30)/b16-14+. The first-order valence-corrected chi connectivity index (χ1v) is 12.6. The first-order chi connectivity index (χ1) is 17.1. The average molecular weight is 492 g/mol. The number of ether oxygens (including phenoxy) is 3. The van der Waals surface area contributed by atoms with Crippen LogP contribution >= 0.6 is 11.3 Å². The summed E-state index contributed by atoms with van der Waals surface area (Å²) >= 11 is 1.47. The van der Waals surface area contributed by atoms with Crippen LogP contribution in [0.15, 0.2) is 54.6 Å². The van der Waals surface area contributed by atoms with Crippen LogP contribution in [0.3, 0.4) is 0 Å². The maximum absolute atomic E-state index is 12.7. The maximum atomic E-state index is 12.7. The molecule has 0 spiro atoms. The fraction of sp³-hybridized carbons (Fsp3) is 0.286. The summed E-state index contributed by atoms with van der Waals surface area (Å²) in [5.74, 6) is 0.528. The number of esters is 1. The van der Waals surface area contributed by atoms with Crippen molar-refractivity contribution in [1.29, 1.82) is 0 Å². The van der Waals surface area contributed by atoms with Gasteiger partial charge in [-0.15, -0.1) is 11.3 Å². The minimum absolute atomic E-state index is 0.295. The second-order valence-corrected chi connectivity index (χ2v) is 9.25. The van der Waals surface area contributed by atoms with E-state index in [2.05, 4.69) is 5.32 Å². The fourth-order valence-electron chi connectivity index (χ4n) is 4.04. The van der Waals surface area contributed by atoms with Gasteiger partial charge in [-0.3, -0.25) is 4.79 Å². The van der Waals surface area contributed by atoms with Gasteiger partial charge in [0.2, 0.25) is 5.91 Å². The highest BCUT2D eigenvalue weighted by molar-refractivity contribution is 7.17. The van der Waals surface area contributed by atoms with E-state index in [0.717, 1.165) is 47.3 Å². The lowest BCUT2D eigenvalue weighted by atomic mass is 9.95. The van der Waals surface area contributed by atoms with Crippen LogP contribution in [-0.2, 0) is 29.0 Å². The lowest BCUT2D eigenvalue weighted by molar-refractivity contribution is -0.111. The number of methoxy groups -OCH3 is 1. The molecule has 1 aromatic heterocycles. The zero-order valence-electron chi connectivity index (χ0n) is 20.0. The Balaban J connectivity index is 1.45. The number of nitrogens with one attached hydrogen (secondary N) is 1. The molecule has 1 amide bonds. The number of fused-ring (bicyclic) bond motifs is 1. The molecule has 0 bridgehead atoms. The Labute approximate surface area is 209 Å². The predicted octanol–water partition coefficient (Wildman–Crippen LogP) is 6.04. The van der Waals surface area contributed by atoms with Gasteiger partial charge >= 0.3 is 5.97 Å². The van der Waals surface area contributed by atoms with Gasteiger partial charge in [-0.05, 0) is 67.5 Å². The van der Waals surface area contributed by atoms with Crippen LogP contribution in [-0.4, -0.2) is 25.6 Å². The number of carbonyl (C=O) groups excluding carboxylic acids is 2. The molecule has 0 fully saturated rings. The Morgan fingerprint density at radius 2 is 1.86 bits per heavy atom. The van der Waals surface area contributed by atoms with Crippen molar-refractivity contribution in [2.24, 2.45) is 0 Å². The minimum Gasteiger partial charge on any atom is -0.493 e. The van der Waals surface area contributed by atoms with Crippen LogP contribution in [0.4, 0.5) is 5.00 Å². The van der Waals surface area contributed by atoms with Crippen LogP contribution in [0.5, 0.6) is 11.5 Å². The topological polar surface area (TPSA) is 73.9 Å². The molecule has 0 saturated carbocycles. The first kappa shape index (κ1) is 24.5. The molecule has 0 unspecified atom stereocenters. The predicted molar refractivity (Wildman–Crippen MR) is 138 cm³/mol. The molecule has 1 N–H and O–H groups in total. The van der Waals surface area contributed by atoms with E-state index in [9.17, 15) is 9.59 Å². The van der Waals surface area contributed by atoms with Crippen LogP contribution < -0.4 is 14.8 Å². The lowest BCUT2D eigenvalue weighted by Crippen LogP contribution is -2.14. The molecule has 1 heterocycles. The van der Waals surface area contributed by atoms with Gasteiger partial charge in [0, 0.05) is 11.0 Å². The molecule has 0 atom stereocenters. The zero-order chi connectivity index (χ0) is 24.6. The molecule has 2 aromatic carbocycles. The Morgan fingerprint density at radius 1 is 1.06 bits per heavy atom. The number of thiophene rings is 1. The quantitative estimate of drug-likeness (QED) is 0.292. The molecule has 3 aromatic rings. The van der Waals surface area contributed by atoms with Crippen molar-refractivity contribution in [1.82, 2.24) is 0 Å². The number of carbonyl (C=O) groups is 2. The molecule has 0 radical (unpaired) electrons. The highest BCUT2D eigenvalue weighted by Crippen LogP contribution is 2.38. The minimum atomic E-state index is -0.373. The van der Waals surface area contributed by atoms with E-state index in [1.807, 2.05) is 48.5 Å². The van der Waals surface area contributed by atoms with Gasteiger partial charge in [0.1, 0.15) is 11.6 Å². The van der Waals surface area contributed by atoms with Crippen LogP contribution in [0.25, 0.3) is 6.08 Å². The van der Waals surface area contributed by atoms with Gasteiger partial charge < -0.3 is 19.5 Å². The number of rotatable bonds is 9. The molecular formula is C28H29NO5S. The summed E-state index contributed by atoms with van der Waals surface area (Å²) in [5.41, 5.74) is 3.39. The second kappa shape index (κ2) is 11.7. The Kier molecular flexibility index (Phi) is 8.21. The molecule has 1 aliphatic rings. The van der Waals surface area contributed by atoms with Gasteiger partial charge in [-0.1, -0.05) is 36.4 Å². The summed E-state index contributed by atoms with van der Waals surface area (Å²) in [6, 6.07) is 15.4. The van der Waals surface area contributed by atoms with Crippen molar-refractivity contribution in [3.63, 3.8) is 0 Å². The van der Waals surface area contributed by atoms with E-state index in [1.165, 1.54) is 17.4 Å². The molecule has 182 valence electrons. The fourth-order valence-corrected chi connectivity index (χ4v) is 5.32. The molecule has 0 aliphatic heterocycles. The van der Waals surface area contributed by atoms with Crippen molar-refractivity contribution in [2.45, 2.75) is 39.2 Å². The third-order valence-corrected chi connectivity index (χ3v) is 6.95. The highest BCUT2D eigenvalue weighted by Gasteiger charge is 2.26. The highest BCUT2D eigenvalue weighted by atomic mass is 32.1. The van der Waals surface area contributed by atoms with Crippen molar-refractivity contribution in [3.05, 3.63) is 81.7 Å². The van der Waals surface area contributed by atoms with E-state index in [-0.39, 0.29) is 11.9 Å². The van der Waals surface area contributed by atoms with Gasteiger partial charge in [-0.25, -0.2) is 4.79 Å². The molecule has 35 heavy (non-hydrogen) atoms. The van der Waals surface area contributed by atoms with E-state index in [0.29, 0.717) is 35.3 Å². The third-order valence-electron chi connectivity index (χ3n) is 5.74. The second-order valence-electron chi connectivity index (χ2n) is 8.14. The number of benzene rings is 2. The SMILES string of the molecule is CCOC(=O)c1c(NC(=O)/C=C/c2ccc(OCc3ccccc3)c(OC)c2)sc2c1CCCC2. The third kappa shape index (κ3) is 6.11. The Hall–Kier alpha value is -3.58. The average Bonchev–Trinajstić information content (AvgIpc) is 3.25. The van der Waals surface area contributed by atoms with Gasteiger partial charge in [-0.2, -0.15) is 0 Å². The largest absolute Gasteiger partial charge is 0.493 e. The zero-order valence-corrected chi connectivity index (χ0v) is 20.8. The summed E-state index contributed by atoms with van der Waals surface area (Å²) in [6.45, 7) is 2.51. The molecule has 0 saturated heterocycles. The number of aryl methyl sites for hydroxylation is 1. The molecule has 1 aliphatic carbocycles. The van der Waals surface area contributed by atoms with Crippen molar-refractivity contribution in [2.75, 3.05) is 19.0 Å². The summed E-state index contributed by atoms with van der Waals surface area (Å²) in [5, 5.41) is 3.45. The van der Waals surface area contributed by atoms with Crippen molar-refractivity contribution >= 4 is 34.3 Å². The Bertz CT molecular complexity index is 1220. The van der Waals surface area contributed by atoms with Crippen molar-refractivity contribution < 1.29 is 23.8 Å². The summed E-state index contributed by atoms with van der Waals surface area (Å²) in [4.78, 5) is 26.5. The lowest BCUT2D eigenvalue weighted by Gasteiger charge is -2.12. The van der Waals surface area contributed by atoms with Crippen LogP contribution in [0, 0.1) is 0 Å². The van der Waals surface area contributed by atoms with E-state index in [1.54, 1.807) is 20.1 Å². The first-order valence-electron chi connectivity index (χ1n) is 11.7. The smallest absolute Gasteiger partial charge is 0.341 e. The Morgan fingerprint density at radius 3 is 2.63 bits per heavy atom. The maximum Gasteiger partial charge on any atom is 0.341 e. The number of hydrogen-bond acceptors (Lipinski definition) is 6. The molecule has 7 heteroatoms. The summed E-state index contributed by atoms with van der Waals surface area (Å²) in [7, 11) is 1.58. The van der Waals surface area contributed by atoms with Gasteiger partial charge in [0.25, 0.3) is 0 Å². The molecule has 4 rings (SSSR count). The monoisotopic (exact) mass is 491 g/mol.